The molecular weight excluding hydrogens is 270 g/mol. The Labute approximate surface area is 110 Å². The van der Waals surface area contributed by atoms with Crippen molar-refractivity contribution in [2.24, 2.45) is 0 Å². The maximum atomic E-state index is 12.2. The van der Waals surface area contributed by atoms with Crippen LogP contribution in [0.1, 0.15) is 11.3 Å². The predicted octanol–water partition coefficient (Wildman–Crippen LogP) is 2.14. The Bertz CT molecular complexity index is 657. The summed E-state index contributed by atoms with van der Waals surface area (Å²) in [6, 6.07) is 4.99. The Morgan fingerprint density at radius 3 is 2.61 bits per heavy atom. The van der Waals surface area contributed by atoms with Crippen LogP contribution in [0.4, 0.5) is 10.8 Å². The summed E-state index contributed by atoms with van der Waals surface area (Å²) < 4.78 is 26.9. The van der Waals surface area contributed by atoms with E-state index in [9.17, 15) is 8.42 Å². The number of hydrogen-bond acceptors (Lipinski definition) is 5. The van der Waals surface area contributed by atoms with E-state index in [1.165, 1.54) is 11.3 Å². The van der Waals surface area contributed by atoms with Crippen molar-refractivity contribution in [3.8, 4) is 0 Å². The van der Waals surface area contributed by atoms with Gasteiger partial charge in [0.1, 0.15) is 4.90 Å². The summed E-state index contributed by atoms with van der Waals surface area (Å²) in [5.41, 5.74) is 7.34. The average Bonchev–Trinajstić information content (AvgIpc) is 2.62. The second kappa shape index (κ2) is 4.58. The van der Waals surface area contributed by atoms with Gasteiger partial charge in [0, 0.05) is 5.38 Å². The van der Waals surface area contributed by atoms with Gasteiger partial charge in [-0.1, -0.05) is 12.1 Å². The maximum Gasteiger partial charge on any atom is 0.265 e. The lowest BCUT2D eigenvalue weighted by molar-refractivity contribution is 0.601. The third kappa shape index (κ3) is 2.46. The molecule has 3 N–H and O–H groups in total. The molecule has 5 nitrogen and oxygen atoms in total. The zero-order valence-corrected chi connectivity index (χ0v) is 11.6. The van der Waals surface area contributed by atoms with E-state index in [0.29, 0.717) is 10.7 Å². The fourth-order valence-electron chi connectivity index (χ4n) is 1.61. The van der Waals surface area contributed by atoms with Crippen molar-refractivity contribution in [3.05, 3.63) is 34.8 Å². The lowest BCUT2D eigenvalue weighted by Crippen LogP contribution is -2.16. The van der Waals surface area contributed by atoms with Gasteiger partial charge in [0.05, 0.1) is 11.4 Å². The highest BCUT2D eigenvalue weighted by atomic mass is 32.2. The van der Waals surface area contributed by atoms with Gasteiger partial charge in [-0.15, -0.1) is 11.3 Å². The monoisotopic (exact) mass is 283 g/mol. The molecule has 0 aliphatic heterocycles. The van der Waals surface area contributed by atoms with Gasteiger partial charge in [-0.3, -0.25) is 4.72 Å². The largest absolute Gasteiger partial charge is 0.398 e. The fraction of sp³-hybridized carbons (Fsp3) is 0.182. The third-order valence-electron chi connectivity index (χ3n) is 2.35. The van der Waals surface area contributed by atoms with Crippen LogP contribution in [0.25, 0.3) is 0 Å². The number of hydrogen-bond donors (Lipinski definition) is 2. The highest BCUT2D eigenvalue weighted by molar-refractivity contribution is 7.93. The molecule has 0 aliphatic rings. The molecule has 1 aromatic heterocycles. The number of aromatic nitrogens is 1. The second-order valence-corrected chi connectivity index (χ2v) is 6.37. The van der Waals surface area contributed by atoms with Crippen LogP contribution in [-0.2, 0) is 10.0 Å². The molecule has 1 aromatic carbocycles. The molecule has 0 amide bonds. The zero-order valence-electron chi connectivity index (χ0n) is 9.97. The molecule has 2 aromatic rings. The Morgan fingerprint density at radius 1 is 1.33 bits per heavy atom. The first-order chi connectivity index (χ1) is 8.40. The number of benzene rings is 1. The SMILES string of the molecule is Cc1csc(NS(=O)(=O)c2c(C)cccc2N)n1. The minimum absolute atomic E-state index is 0.109. The minimum atomic E-state index is -3.69. The van der Waals surface area contributed by atoms with E-state index in [1.807, 2.05) is 0 Å². The molecule has 2 rings (SSSR count). The van der Waals surface area contributed by atoms with Crippen LogP contribution >= 0.6 is 11.3 Å². The second-order valence-electron chi connectivity index (χ2n) is 3.89. The molecule has 1 heterocycles. The molecular formula is C11H13N3O2S2. The molecule has 0 unspecified atom stereocenters. The van der Waals surface area contributed by atoms with Gasteiger partial charge in [-0.05, 0) is 25.5 Å². The van der Waals surface area contributed by atoms with Gasteiger partial charge in [0.25, 0.3) is 10.0 Å². The van der Waals surface area contributed by atoms with Crippen molar-refractivity contribution in [2.75, 3.05) is 10.5 Å². The first-order valence-corrected chi connectivity index (χ1v) is 7.56. The summed E-state index contributed by atoms with van der Waals surface area (Å²) in [6.07, 6.45) is 0. The maximum absolute atomic E-state index is 12.2. The normalized spacial score (nSPS) is 11.4. The number of nitrogens with one attached hydrogen (secondary N) is 1. The molecule has 7 heteroatoms. The van der Waals surface area contributed by atoms with Crippen LogP contribution in [0.3, 0.4) is 0 Å². The first kappa shape index (κ1) is 12.8. The van der Waals surface area contributed by atoms with E-state index in [4.69, 9.17) is 5.73 Å². The summed E-state index contributed by atoms with van der Waals surface area (Å²) >= 11 is 1.24. The van der Waals surface area contributed by atoms with Gasteiger partial charge in [-0.2, -0.15) is 0 Å². The number of anilines is 2. The molecule has 96 valence electrons. The van der Waals surface area contributed by atoms with Crippen LogP contribution in [0.15, 0.2) is 28.5 Å². The van der Waals surface area contributed by atoms with Gasteiger partial charge in [-0.25, -0.2) is 13.4 Å². The van der Waals surface area contributed by atoms with Crippen molar-refractivity contribution < 1.29 is 8.42 Å². The Hall–Kier alpha value is -1.60. The molecule has 18 heavy (non-hydrogen) atoms. The highest BCUT2D eigenvalue weighted by Crippen LogP contribution is 2.26. The number of nitrogens with zero attached hydrogens (tertiary/aromatic N) is 1. The van der Waals surface area contributed by atoms with Crippen molar-refractivity contribution in [3.63, 3.8) is 0 Å². The molecule has 0 bridgehead atoms. The zero-order chi connectivity index (χ0) is 13.3. The van der Waals surface area contributed by atoms with Gasteiger partial charge >= 0.3 is 0 Å². The fourth-order valence-corrected chi connectivity index (χ4v) is 3.91. The Morgan fingerprint density at radius 2 is 2.06 bits per heavy atom. The number of nitrogen functional groups attached to an aromatic ring is 1. The summed E-state index contributed by atoms with van der Waals surface area (Å²) in [4.78, 5) is 4.18. The van der Waals surface area contributed by atoms with E-state index < -0.39 is 10.0 Å². The number of rotatable bonds is 3. The molecule has 0 saturated heterocycles. The van der Waals surface area contributed by atoms with Crippen LogP contribution < -0.4 is 10.5 Å². The van der Waals surface area contributed by atoms with Gasteiger partial charge in [0.15, 0.2) is 5.13 Å². The van der Waals surface area contributed by atoms with Crippen molar-refractivity contribution in [1.82, 2.24) is 4.98 Å². The number of nitrogens with two attached hydrogens (primary N) is 1. The van der Waals surface area contributed by atoms with Gasteiger partial charge in [0.2, 0.25) is 0 Å². The quantitative estimate of drug-likeness (QED) is 0.845. The van der Waals surface area contributed by atoms with E-state index in [2.05, 4.69) is 9.71 Å². The molecule has 0 saturated carbocycles. The van der Waals surface area contributed by atoms with E-state index in [1.54, 1.807) is 37.4 Å². The van der Waals surface area contributed by atoms with Crippen LogP contribution in [0.2, 0.25) is 0 Å². The minimum Gasteiger partial charge on any atom is -0.398 e. The molecule has 0 aliphatic carbocycles. The van der Waals surface area contributed by atoms with E-state index in [0.717, 1.165) is 5.69 Å². The standard InChI is InChI=1S/C11H13N3O2S2/c1-7-4-3-5-9(12)10(7)18(15,16)14-11-13-8(2)6-17-11/h3-6H,12H2,1-2H3,(H,13,14). The number of sulfonamides is 1. The van der Waals surface area contributed by atoms with Crippen molar-refractivity contribution in [2.45, 2.75) is 18.7 Å². The molecule has 0 spiro atoms. The van der Waals surface area contributed by atoms with Gasteiger partial charge < -0.3 is 5.73 Å². The number of thiazole rings is 1. The summed E-state index contributed by atoms with van der Waals surface area (Å²) in [7, 11) is -3.69. The molecule has 0 radical (unpaired) electrons. The Kier molecular flexibility index (Phi) is 3.27. The average molecular weight is 283 g/mol. The van der Waals surface area contributed by atoms with Crippen LogP contribution in [0.5, 0.6) is 0 Å². The lowest BCUT2D eigenvalue weighted by Gasteiger charge is -2.10. The lowest BCUT2D eigenvalue weighted by atomic mass is 10.2. The molecule has 0 atom stereocenters. The summed E-state index contributed by atoms with van der Waals surface area (Å²) in [5.74, 6) is 0. The van der Waals surface area contributed by atoms with E-state index in [-0.39, 0.29) is 10.6 Å². The number of aryl methyl sites for hydroxylation is 2. The summed E-state index contributed by atoms with van der Waals surface area (Å²) in [6.45, 7) is 3.51. The van der Waals surface area contributed by atoms with Crippen molar-refractivity contribution in [1.29, 1.82) is 0 Å². The predicted molar refractivity (Wildman–Crippen MR) is 73.3 cm³/mol. The van der Waals surface area contributed by atoms with Crippen LogP contribution in [0, 0.1) is 13.8 Å². The summed E-state index contributed by atoms with van der Waals surface area (Å²) in [5, 5.41) is 2.12. The van der Waals surface area contributed by atoms with E-state index >= 15 is 0 Å². The molecule has 0 fully saturated rings. The van der Waals surface area contributed by atoms with Crippen molar-refractivity contribution >= 4 is 32.2 Å². The smallest absolute Gasteiger partial charge is 0.265 e. The Balaban J connectivity index is 2.43. The first-order valence-electron chi connectivity index (χ1n) is 5.20. The van der Waals surface area contributed by atoms with Crippen LogP contribution in [-0.4, -0.2) is 13.4 Å². The third-order valence-corrected chi connectivity index (χ3v) is 4.91. The highest BCUT2D eigenvalue weighted by Gasteiger charge is 2.21. The topological polar surface area (TPSA) is 85.1 Å².